The van der Waals surface area contributed by atoms with Gasteiger partial charge in [0, 0.05) is 13.6 Å². The Morgan fingerprint density at radius 2 is 2.22 bits per heavy atom. The third-order valence-corrected chi connectivity index (χ3v) is 4.84. The highest BCUT2D eigenvalue weighted by molar-refractivity contribution is 6.29. The van der Waals surface area contributed by atoms with Gasteiger partial charge in [0.05, 0.1) is 5.69 Å². The quantitative estimate of drug-likeness (QED) is 0.854. The average Bonchev–Trinajstić information content (AvgIpc) is 2.94. The minimum Gasteiger partial charge on any atom is -0.396 e. The molecule has 3 unspecified atom stereocenters. The van der Waals surface area contributed by atoms with Gasteiger partial charge in [-0.2, -0.15) is 0 Å². The van der Waals surface area contributed by atoms with Crippen molar-refractivity contribution in [2.75, 3.05) is 24.2 Å². The van der Waals surface area contributed by atoms with Crippen molar-refractivity contribution < 1.29 is 0 Å². The molecule has 0 spiro atoms. The van der Waals surface area contributed by atoms with Gasteiger partial charge in [0.15, 0.2) is 5.82 Å². The van der Waals surface area contributed by atoms with Gasteiger partial charge in [-0.1, -0.05) is 18.0 Å². The molecule has 1 aromatic rings. The molecule has 0 amide bonds. The van der Waals surface area contributed by atoms with Crippen LogP contribution in [0.1, 0.15) is 25.7 Å². The molecule has 1 aromatic heterocycles. The minimum absolute atomic E-state index is 0.513. The smallest absolute Gasteiger partial charge is 0.153 e. The fourth-order valence-electron chi connectivity index (χ4n) is 3.78. The van der Waals surface area contributed by atoms with Crippen LogP contribution in [0.4, 0.5) is 11.5 Å². The Balaban J connectivity index is 1.71. The van der Waals surface area contributed by atoms with Crippen LogP contribution in [0.25, 0.3) is 0 Å². The molecule has 2 bridgehead atoms. The van der Waals surface area contributed by atoms with Crippen LogP contribution in [0.2, 0.25) is 5.15 Å². The van der Waals surface area contributed by atoms with Gasteiger partial charge in [0.25, 0.3) is 0 Å². The number of pyridine rings is 1. The van der Waals surface area contributed by atoms with E-state index in [9.17, 15) is 0 Å². The SMILES string of the molecule is CN(CC1CC2CCC1C2)c1nc(Cl)ccc1N. The first-order valence-electron chi connectivity index (χ1n) is 6.76. The number of anilines is 2. The second-order valence-electron chi connectivity index (χ2n) is 5.86. The number of rotatable bonds is 3. The monoisotopic (exact) mass is 265 g/mol. The van der Waals surface area contributed by atoms with E-state index in [0.29, 0.717) is 10.8 Å². The Kier molecular flexibility index (Phi) is 3.10. The van der Waals surface area contributed by atoms with Crippen molar-refractivity contribution in [1.82, 2.24) is 4.98 Å². The Morgan fingerprint density at radius 1 is 1.39 bits per heavy atom. The van der Waals surface area contributed by atoms with E-state index in [-0.39, 0.29) is 0 Å². The second kappa shape index (κ2) is 4.61. The van der Waals surface area contributed by atoms with E-state index in [0.717, 1.165) is 30.1 Å². The maximum atomic E-state index is 5.98. The molecule has 0 aliphatic heterocycles. The first kappa shape index (κ1) is 12.1. The summed E-state index contributed by atoms with van der Waals surface area (Å²) in [5.74, 6) is 3.55. The van der Waals surface area contributed by atoms with Gasteiger partial charge in [-0.25, -0.2) is 4.98 Å². The normalized spacial score (nSPS) is 29.8. The summed E-state index contributed by atoms with van der Waals surface area (Å²) in [6, 6.07) is 3.58. The molecule has 0 saturated heterocycles. The van der Waals surface area contributed by atoms with Crippen molar-refractivity contribution in [3.05, 3.63) is 17.3 Å². The molecule has 2 aliphatic rings. The zero-order valence-corrected chi connectivity index (χ0v) is 11.5. The lowest BCUT2D eigenvalue weighted by Crippen LogP contribution is -2.29. The van der Waals surface area contributed by atoms with Crippen molar-refractivity contribution >= 4 is 23.1 Å². The number of hydrogen-bond acceptors (Lipinski definition) is 3. The van der Waals surface area contributed by atoms with Crippen molar-refractivity contribution in [3.63, 3.8) is 0 Å². The molecular weight excluding hydrogens is 246 g/mol. The summed E-state index contributed by atoms with van der Waals surface area (Å²) in [7, 11) is 2.07. The molecule has 98 valence electrons. The Labute approximate surface area is 113 Å². The molecule has 3 rings (SSSR count). The van der Waals surface area contributed by atoms with E-state index in [4.69, 9.17) is 17.3 Å². The van der Waals surface area contributed by atoms with Crippen LogP contribution in [0.3, 0.4) is 0 Å². The van der Waals surface area contributed by atoms with E-state index in [1.54, 1.807) is 6.07 Å². The van der Waals surface area contributed by atoms with E-state index in [1.807, 2.05) is 6.07 Å². The van der Waals surface area contributed by atoms with Gasteiger partial charge < -0.3 is 10.6 Å². The third kappa shape index (κ3) is 2.16. The number of nitrogen functional groups attached to an aromatic ring is 1. The van der Waals surface area contributed by atoms with Crippen LogP contribution >= 0.6 is 11.6 Å². The van der Waals surface area contributed by atoms with E-state index in [1.165, 1.54) is 25.7 Å². The molecule has 0 radical (unpaired) electrons. The maximum Gasteiger partial charge on any atom is 0.153 e. The number of fused-ring (bicyclic) bond motifs is 2. The number of aromatic nitrogens is 1. The van der Waals surface area contributed by atoms with E-state index < -0.39 is 0 Å². The summed E-state index contributed by atoms with van der Waals surface area (Å²) in [5.41, 5.74) is 6.69. The minimum atomic E-state index is 0.513. The first-order chi connectivity index (χ1) is 8.63. The van der Waals surface area contributed by atoms with E-state index >= 15 is 0 Å². The Hall–Kier alpha value is -0.960. The maximum absolute atomic E-state index is 5.98. The molecule has 2 N–H and O–H groups in total. The highest BCUT2D eigenvalue weighted by atomic mass is 35.5. The van der Waals surface area contributed by atoms with Gasteiger partial charge in [-0.05, 0) is 49.1 Å². The average molecular weight is 266 g/mol. The molecule has 3 nitrogen and oxygen atoms in total. The van der Waals surface area contributed by atoms with Crippen molar-refractivity contribution in [2.24, 2.45) is 17.8 Å². The van der Waals surface area contributed by atoms with Crippen LogP contribution in [0, 0.1) is 17.8 Å². The van der Waals surface area contributed by atoms with E-state index in [2.05, 4.69) is 16.9 Å². The highest BCUT2D eigenvalue weighted by Gasteiger charge is 2.39. The molecule has 4 heteroatoms. The summed E-state index contributed by atoms with van der Waals surface area (Å²) < 4.78 is 0. The van der Waals surface area contributed by atoms with Crippen LogP contribution in [-0.2, 0) is 0 Å². The van der Waals surface area contributed by atoms with Crippen molar-refractivity contribution in [3.8, 4) is 0 Å². The lowest BCUT2D eigenvalue weighted by Gasteiger charge is -2.28. The zero-order chi connectivity index (χ0) is 12.7. The molecule has 3 atom stereocenters. The highest BCUT2D eigenvalue weighted by Crippen LogP contribution is 2.48. The molecule has 2 aliphatic carbocycles. The topological polar surface area (TPSA) is 42.2 Å². The van der Waals surface area contributed by atoms with Gasteiger partial charge in [-0.3, -0.25) is 0 Å². The largest absolute Gasteiger partial charge is 0.396 e. The summed E-state index contributed by atoms with van der Waals surface area (Å²) in [5, 5.41) is 0.513. The lowest BCUT2D eigenvalue weighted by molar-refractivity contribution is 0.337. The molecule has 2 saturated carbocycles. The first-order valence-corrected chi connectivity index (χ1v) is 7.14. The van der Waals surface area contributed by atoms with Crippen molar-refractivity contribution in [2.45, 2.75) is 25.7 Å². The predicted octanol–water partition coefficient (Wildman–Crippen LogP) is 3.19. The van der Waals surface area contributed by atoms with Gasteiger partial charge in [0.2, 0.25) is 0 Å². The van der Waals surface area contributed by atoms with Crippen LogP contribution < -0.4 is 10.6 Å². The zero-order valence-electron chi connectivity index (χ0n) is 10.8. The molecule has 1 heterocycles. The molecule has 2 fully saturated rings. The van der Waals surface area contributed by atoms with Crippen LogP contribution in [-0.4, -0.2) is 18.6 Å². The number of hydrogen-bond donors (Lipinski definition) is 1. The summed E-state index contributed by atoms with van der Waals surface area (Å²) in [6.07, 6.45) is 5.69. The Morgan fingerprint density at radius 3 is 2.89 bits per heavy atom. The number of nitrogens with two attached hydrogens (primary N) is 1. The fourth-order valence-corrected chi connectivity index (χ4v) is 3.92. The fraction of sp³-hybridized carbons (Fsp3) is 0.643. The summed E-state index contributed by atoms with van der Waals surface area (Å²) >= 11 is 5.95. The molecule has 18 heavy (non-hydrogen) atoms. The number of halogens is 1. The summed E-state index contributed by atoms with van der Waals surface area (Å²) in [4.78, 5) is 6.52. The lowest BCUT2D eigenvalue weighted by atomic mass is 9.88. The van der Waals surface area contributed by atoms with Crippen molar-refractivity contribution in [1.29, 1.82) is 0 Å². The Bertz CT molecular complexity index is 449. The molecule has 0 aromatic carbocycles. The van der Waals surface area contributed by atoms with Gasteiger partial charge >= 0.3 is 0 Å². The summed E-state index contributed by atoms with van der Waals surface area (Å²) in [6.45, 7) is 1.05. The number of nitrogens with zero attached hydrogens (tertiary/aromatic N) is 2. The van der Waals surface area contributed by atoms with Crippen LogP contribution in [0.15, 0.2) is 12.1 Å². The van der Waals surface area contributed by atoms with Gasteiger partial charge in [0.1, 0.15) is 5.15 Å². The standard InChI is InChI=1S/C14H20ClN3/c1-18(14-12(16)4-5-13(15)17-14)8-11-7-9-2-3-10(11)6-9/h4-5,9-11H,2-3,6-8,16H2,1H3. The predicted molar refractivity (Wildman–Crippen MR) is 75.9 cm³/mol. The molecular formula is C14H20ClN3. The van der Waals surface area contributed by atoms with Crippen LogP contribution in [0.5, 0.6) is 0 Å². The third-order valence-electron chi connectivity index (χ3n) is 4.63. The van der Waals surface area contributed by atoms with Gasteiger partial charge in [-0.15, -0.1) is 0 Å². The second-order valence-corrected chi connectivity index (χ2v) is 6.25.